The largest absolute Gasteiger partial charge is 0.462 e. The van der Waals surface area contributed by atoms with Gasteiger partial charge in [0.2, 0.25) is 15.9 Å². The van der Waals surface area contributed by atoms with Crippen LogP contribution < -0.4 is 5.32 Å². The first-order valence-corrected chi connectivity index (χ1v) is 9.69. The van der Waals surface area contributed by atoms with Crippen LogP contribution in [0.25, 0.3) is 0 Å². The second kappa shape index (κ2) is 7.76. The maximum atomic E-state index is 12.4. The Morgan fingerprint density at radius 2 is 2.12 bits per heavy atom. The monoisotopic (exact) mass is 354 g/mol. The average molecular weight is 354 g/mol. The summed E-state index contributed by atoms with van der Waals surface area (Å²) in [7, 11) is -3.30. The second-order valence-corrected chi connectivity index (χ2v) is 7.73. The third kappa shape index (κ3) is 4.78. The third-order valence-corrected chi connectivity index (χ3v) is 5.13. The number of ether oxygens (including phenoxy) is 1. The van der Waals surface area contributed by atoms with Gasteiger partial charge in [-0.15, -0.1) is 0 Å². The van der Waals surface area contributed by atoms with E-state index in [4.69, 9.17) is 4.74 Å². The molecule has 0 aromatic heterocycles. The molecule has 24 heavy (non-hydrogen) atoms. The van der Waals surface area contributed by atoms with Gasteiger partial charge in [-0.3, -0.25) is 4.79 Å². The van der Waals surface area contributed by atoms with E-state index in [1.807, 2.05) is 0 Å². The standard InChI is InChI=1S/C16H22N2O5S/c1-3-23-16(20)12-6-4-8-14(10-12)17-15(19)13-7-5-9-18(11-13)24(2,21)22/h4,6,8,10,13H,3,5,7,9,11H2,1-2H3,(H,17,19)/t13-/m0/s1. The molecule has 8 heteroatoms. The van der Waals surface area contributed by atoms with Crippen molar-refractivity contribution in [1.29, 1.82) is 0 Å². The summed E-state index contributed by atoms with van der Waals surface area (Å²) in [4.78, 5) is 24.1. The summed E-state index contributed by atoms with van der Waals surface area (Å²) in [5.74, 6) is -1.10. The van der Waals surface area contributed by atoms with Gasteiger partial charge in [0.05, 0.1) is 24.3 Å². The molecule has 1 aliphatic rings. The molecule has 0 saturated carbocycles. The highest BCUT2D eigenvalue weighted by Gasteiger charge is 2.30. The molecule has 1 N–H and O–H groups in total. The van der Waals surface area contributed by atoms with Crippen molar-refractivity contribution in [3.05, 3.63) is 29.8 Å². The minimum Gasteiger partial charge on any atom is -0.462 e. The van der Waals surface area contributed by atoms with Gasteiger partial charge in [0.1, 0.15) is 0 Å². The van der Waals surface area contributed by atoms with Crippen molar-refractivity contribution in [2.24, 2.45) is 5.92 Å². The normalized spacial score (nSPS) is 18.8. The first kappa shape index (κ1) is 18.4. The summed E-state index contributed by atoms with van der Waals surface area (Å²) in [5.41, 5.74) is 0.845. The van der Waals surface area contributed by atoms with Crippen molar-refractivity contribution in [2.75, 3.05) is 31.3 Å². The summed E-state index contributed by atoms with van der Waals surface area (Å²) in [6, 6.07) is 6.50. The fourth-order valence-corrected chi connectivity index (χ4v) is 3.55. The van der Waals surface area contributed by atoms with Gasteiger partial charge in [0.15, 0.2) is 0 Å². The number of nitrogens with zero attached hydrogens (tertiary/aromatic N) is 1. The number of hydrogen-bond acceptors (Lipinski definition) is 5. The highest BCUT2D eigenvalue weighted by Crippen LogP contribution is 2.21. The molecule has 0 spiro atoms. The second-order valence-electron chi connectivity index (χ2n) is 5.75. The van der Waals surface area contributed by atoms with Crippen LogP contribution in [0.3, 0.4) is 0 Å². The van der Waals surface area contributed by atoms with Crippen LogP contribution >= 0.6 is 0 Å². The van der Waals surface area contributed by atoms with Gasteiger partial charge < -0.3 is 10.1 Å². The number of benzene rings is 1. The quantitative estimate of drug-likeness (QED) is 0.809. The van der Waals surface area contributed by atoms with Crippen molar-refractivity contribution in [3.63, 3.8) is 0 Å². The molecule has 1 aromatic carbocycles. The number of nitrogens with one attached hydrogen (secondary N) is 1. The molecule has 0 aliphatic carbocycles. The van der Waals surface area contributed by atoms with Crippen LogP contribution in [0.5, 0.6) is 0 Å². The lowest BCUT2D eigenvalue weighted by Gasteiger charge is -2.30. The zero-order valence-corrected chi connectivity index (χ0v) is 14.6. The van der Waals surface area contributed by atoms with Crippen LogP contribution in [0.2, 0.25) is 0 Å². The lowest BCUT2D eigenvalue weighted by molar-refractivity contribution is -0.120. The Kier molecular flexibility index (Phi) is 5.95. The lowest BCUT2D eigenvalue weighted by atomic mass is 9.98. The number of carbonyl (C=O) groups excluding carboxylic acids is 2. The van der Waals surface area contributed by atoms with E-state index in [9.17, 15) is 18.0 Å². The van der Waals surface area contributed by atoms with Gasteiger partial charge in [-0.25, -0.2) is 17.5 Å². The Labute approximate surface area is 142 Å². The van der Waals surface area contributed by atoms with E-state index < -0.39 is 21.9 Å². The minimum absolute atomic E-state index is 0.183. The number of carbonyl (C=O) groups is 2. The smallest absolute Gasteiger partial charge is 0.338 e. The Hall–Kier alpha value is -1.93. The zero-order valence-electron chi connectivity index (χ0n) is 13.8. The molecule has 0 unspecified atom stereocenters. The van der Waals surface area contributed by atoms with Gasteiger partial charge in [0, 0.05) is 18.8 Å². The highest BCUT2D eigenvalue weighted by molar-refractivity contribution is 7.88. The van der Waals surface area contributed by atoms with Crippen LogP contribution in [-0.2, 0) is 19.6 Å². The van der Waals surface area contributed by atoms with Crippen molar-refractivity contribution in [2.45, 2.75) is 19.8 Å². The first-order valence-electron chi connectivity index (χ1n) is 7.84. The van der Waals surface area contributed by atoms with Crippen molar-refractivity contribution in [1.82, 2.24) is 4.31 Å². The number of hydrogen-bond donors (Lipinski definition) is 1. The van der Waals surface area contributed by atoms with E-state index in [2.05, 4.69) is 5.32 Å². The van der Waals surface area contributed by atoms with E-state index in [0.717, 1.165) is 6.26 Å². The number of sulfonamides is 1. The van der Waals surface area contributed by atoms with Gasteiger partial charge in [-0.1, -0.05) is 6.07 Å². The maximum Gasteiger partial charge on any atom is 0.338 e. The molecule has 1 heterocycles. The Bertz CT molecular complexity index is 717. The summed E-state index contributed by atoms with van der Waals surface area (Å²) < 4.78 is 29.5. The molecule has 2 rings (SSSR count). The number of anilines is 1. The van der Waals surface area contributed by atoms with Gasteiger partial charge in [-0.05, 0) is 38.0 Å². The Morgan fingerprint density at radius 3 is 2.79 bits per heavy atom. The average Bonchev–Trinajstić information content (AvgIpc) is 2.54. The molecule has 1 aliphatic heterocycles. The molecular weight excluding hydrogens is 332 g/mol. The Balaban J connectivity index is 2.04. The molecule has 1 saturated heterocycles. The van der Waals surface area contributed by atoms with Crippen molar-refractivity contribution < 1.29 is 22.7 Å². The molecule has 1 atom stereocenters. The minimum atomic E-state index is -3.30. The van der Waals surface area contributed by atoms with Crippen LogP contribution in [0, 0.1) is 5.92 Å². The van der Waals surface area contributed by atoms with E-state index in [1.165, 1.54) is 4.31 Å². The van der Waals surface area contributed by atoms with Crippen molar-refractivity contribution >= 4 is 27.6 Å². The molecule has 1 aromatic rings. The molecule has 0 radical (unpaired) electrons. The fourth-order valence-electron chi connectivity index (χ4n) is 2.64. The van der Waals surface area contributed by atoms with Crippen LogP contribution in [0.15, 0.2) is 24.3 Å². The molecular formula is C16H22N2O5S. The maximum absolute atomic E-state index is 12.4. The van der Waals surface area contributed by atoms with Crippen LogP contribution in [-0.4, -0.2) is 50.6 Å². The summed E-state index contributed by atoms with van der Waals surface area (Å²) in [6.45, 7) is 2.63. The number of esters is 1. The SMILES string of the molecule is CCOC(=O)c1cccc(NC(=O)[C@H]2CCCN(S(C)(=O)=O)C2)c1. The number of rotatable bonds is 5. The number of piperidine rings is 1. The summed E-state index contributed by atoms with van der Waals surface area (Å²) in [5, 5.41) is 2.75. The topological polar surface area (TPSA) is 92.8 Å². The van der Waals surface area contributed by atoms with E-state index in [-0.39, 0.29) is 19.1 Å². The van der Waals surface area contributed by atoms with Crippen molar-refractivity contribution in [3.8, 4) is 0 Å². The predicted octanol–water partition coefficient (Wildman–Crippen LogP) is 1.47. The molecule has 132 valence electrons. The highest BCUT2D eigenvalue weighted by atomic mass is 32.2. The number of amides is 1. The van der Waals surface area contributed by atoms with Crippen LogP contribution in [0.1, 0.15) is 30.1 Å². The molecule has 7 nitrogen and oxygen atoms in total. The molecule has 0 bridgehead atoms. The lowest BCUT2D eigenvalue weighted by Crippen LogP contribution is -2.43. The van der Waals surface area contributed by atoms with Gasteiger partial charge in [0.25, 0.3) is 0 Å². The Morgan fingerprint density at radius 1 is 1.38 bits per heavy atom. The zero-order chi connectivity index (χ0) is 17.7. The van der Waals surface area contributed by atoms with E-state index >= 15 is 0 Å². The molecule has 1 fully saturated rings. The summed E-state index contributed by atoms with van der Waals surface area (Å²) in [6.07, 6.45) is 2.43. The fraction of sp³-hybridized carbons (Fsp3) is 0.500. The summed E-state index contributed by atoms with van der Waals surface area (Å²) >= 11 is 0. The molecule has 1 amide bonds. The first-order chi connectivity index (χ1) is 11.3. The van der Waals surface area contributed by atoms with Crippen LogP contribution in [0.4, 0.5) is 5.69 Å². The van der Waals surface area contributed by atoms with E-state index in [1.54, 1.807) is 31.2 Å². The van der Waals surface area contributed by atoms with Gasteiger partial charge >= 0.3 is 5.97 Å². The predicted molar refractivity (Wildman–Crippen MR) is 90.2 cm³/mol. The van der Waals surface area contributed by atoms with Gasteiger partial charge in [-0.2, -0.15) is 0 Å². The third-order valence-electron chi connectivity index (χ3n) is 3.87. The van der Waals surface area contributed by atoms with E-state index in [0.29, 0.717) is 30.6 Å².